The summed E-state index contributed by atoms with van der Waals surface area (Å²) in [5.74, 6) is 0.365. The number of halogens is 1. The van der Waals surface area contributed by atoms with Crippen LogP contribution in [-0.4, -0.2) is 37.1 Å². The fraction of sp³-hybridized carbons (Fsp3) is 0.917. The van der Waals surface area contributed by atoms with Crippen molar-refractivity contribution in [2.24, 2.45) is 5.92 Å². The van der Waals surface area contributed by atoms with E-state index in [0.29, 0.717) is 5.92 Å². The van der Waals surface area contributed by atoms with Crippen molar-refractivity contribution in [3.05, 3.63) is 0 Å². The van der Waals surface area contributed by atoms with E-state index in [1.54, 1.807) is 0 Å². The van der Waals surface area contributed by atoms with Crippen molar-refractivity contribution in [1.29, 1.82) is 0 Å². The molecule has 0 aromatic carbocycles. The van der Waals surface area contributed by atoms with E-state index >= 15 is 0 Å². The number of hydrogen-bond acceptors (Lipinski definition) is 3. The highest BCUT2D eigenvalue weighted by atomic mass is 32.3. The smallest absolute Gasteiger partial charge is 0.307 e. The van der Waals surface area contributed by atoms with Gasteiger partial charge in [0.15, 0.2) is 0 Å². The van der Waals surface area contributed by atoms with Crippen LogP contribution in [0.2, 0.25) is 0 Å². The number of amides is 1. The van der Waals surface area contributed by atoms with Crippen LogP contribution in [0.25, 0.3) is 0 Å². The lowest BCUT2D eigenvalue weighted by Crippen LogP contribution is -2.35. The molecule has 0 aromatic heterocycles. The molecule has 1 rings (SSSR count). The molecule has 0 aromatic rings. The predicted octanol–water partition coefficient (Wildman–Crippen LogP) is 2.10. The molecule has 1 amide bonds. The topological polar surface area (TPSA) is 54.5 Å². The Labute approximate surface area is 109 Å². The van der Waals surface area contributed by atoms with Gasteiger partial charge in [0.05, 0.1) is 0 Å². The predicted molar refractivity (Wildman–Crippen MR) is 68.3 cm³/mol. The first kappa shape index (κ1) is 15.4. The fourth-order valence-electron chi connectivity index (χ4n) is 2.29. The minimum absolute atomic E-state index is 0.000508. The maximum atomic E-state index is 12.9. The second-order valence-corrected chi connectivity index (χ2v) is 7.14. The van der Waals surface area contributed by atoms with Crippen LogP contribution in [0.15, 0.2) is 0 Å². The van der Waals surface area contributed by atoms with E-state index in [1.165, 1.54) is 4.90 Å². The van der Waals surface area contributed by atoms with E-state index in [-0.39, 0.29) is 24.9 Å². The summed E-state index contributed by atoms with van der Waals surface area (Å²) in [6, 6.07) is -0.0111. The molecule has 0 bridgehead atoms. The standard InChI is InChI=1S/C12H22FNO3S/c1-9(2)5-4-6-10(3)14-8-11(7-12(14)15)18(13,16)17/h9-11H,4-8H2,1-3H3. The number of rotatable bonds is 6. The van der Waals surface area contributed by atoms with Gasteiger partial charge < -0.3 is 4.90 Å². The zero-order valence-electron chi connectivity index (χ0n) is 11.2. The Morgan fingerprint density at radius 2 is 1.94 bits per heavy atom. The minimum atomic E-state index is -4.60. The number of carbonyl (C=O) groups excluding carboxylic acids is 1. The van der Waals surface area contributed by atoms with Crippen LogP contribution in [0, 0.1) is 5.92 Å². The normalized spacial score (nSPS) is 22.8. The lowest BCUT2D eigenvalue weighted by molar-refractivity contribution is -0.129. The quantitative estimate of drug-likeness (QED) is 0.700. The van der Waals surface area contributed by atoms with Gasteiger partial charge in [0.25, 0.3) is 0 Å². The van der Waals surface area contributed by atoms with Gasteiger partial charge in [-0.15, -0.1) is 3.89 Å². The molecule has 0 spiro atoms. The van der Waals surface area contributed by atoms with E-state index in [2.05, 4.69) is 13.8 Å². The summed E-state index contributed by atoms with van der Waals surface area (Å²) < 4.78 is 34.5. The van der Waals surface area contributed by atoms with Gasteiger partial charge >= 0.3 is 10.2 Å². The van der Waals surface area contributed by atoms with Crippen LogP contribution in [0.5, 0.6) is 0 Å². The average Bonchev–Trinajstić information content (AvgIpc) is 2.59. The van der Waals surface area contributed by atoms with Crippen molar-refractivity contribution < 1.29 is 17.1 Å². The SMILES string of the molecule is CC(C)CCCC(C)N1CC(S(=O)(=O)F)CC1=O. The molecule has 0 N–H and O–H groups in total. The van der Waals surface area contributed by atoms with Crippen molar-refractivity contribution >= 4 is 16.1 Å². The van der Waals surface area contributed by atoms with Gasteiger partial charge in [-0.3, -0.25) is 4.79 Å². The van der Waals surface area contributed by atoms with E-state index in [0.717, 1.165) is 19.3 Å². The van der Waals surface area contributed by atoms with Crippen LogP contribution in [0.3, 0.4) is 0 Å². The van der Waals surface area contributed by atoms with E-state index in [1.807, 2.05) is 6.92 Å². The van der Waals surface area contributed by atoms with Crippen molar-refractivity contribution in [3.63, 3.8) is 0 Å². The van der Waals surface area contributed by atoms with Gasteiger partial charge in [0.2, 0.25) is 5.91 Å². The Balaban J connectivity index is 2.49. The molecule has 1 fully saturated rings. The van der Waals surface area contributed by atoms with Gasteiger partial charge in [-0.2, -0.15) is 8.42 Å². The van der Waals surface area contributed by atoms with Crippen LogP contribution in [-0.2, 0) is 15.0 Å². The Bertz CT molecular complexity index is 394. The monoisotopic (exact) mass is 279 g/mol. The fourth-order valence-corrected chi connectivity index (χ4v) is 2.97. The second-order valence-electron chi connectivity index (χ2n) is 5.52. The molecule has 1 saturated heterocycles. The van der Waals surface area contributed by atoms with Gasteiger partial charge in [-0.05, 0) is 19.3 Å². The van der Waals surface area contributed by atoms with E-state index < -0.39 is 15.5 Å². The molecule has 1 heterocycles. The van der Waals surface area contributed by atoms with Crippen LogP contribution in [0.4, 0.5) is 3.89 Å². The summed E-state index contributed by atoms with van der Waals surface area (Å²) in [6.07, 6.45) is 2.70. The molecule has 0 aliphatic carbocycles. The molecule has 1 aliphatic rings. The molecule has 0 radical (unpaired) electrons. The van der Waals surface area contributed by atoms with Gasteiger partial charge in [-0.1, -0.05) is 26.7 Å². The third kappa shape index (κ3) is 4.23. The molecule has 4 nitrogen and oxygen atoms in total. The van der Waals surface area contributed by atoms with Gasteiger partial charge in [0.1, 0.15) is 5.25 Å². The Kier molecular flexibility index (Phi) is 5.13. The summed E-state index contributed by atoms with van der Waals surface area (Å²) in [6.45, 7) is 6.17. The maximum Gasteiger partial charge on any atom is 0.307 e. The van der Waals surface area contributed by atoms with Gasteiger partial charge in [-0.25, -0.2) is 0 Å². The first-order chi connectivity index (χ1) is 8.21. The average molecular weight is 279 g/mol. The Morgan fingerprint density at radius 1 is 1.33 bits per heavy atom. The van der Waals surface area contributed by atoms with E-state index in [9.17, 15) is 17.1 Å². The lowest BCUT2D eigenvalue weighted by Gasteiger charge is -2.24. The third-order valence-corrected chi connectivity index (χ3v) is 4.57. The molecule has 106 valence electrons. The van der Waals surface area contributed by atoms with E-state index in [4.69, 9.17) is 0 Å². The highest BCUT2D eigenvalue weighted by Crippen LogP contribution is 2.23. The van der Waals surface area contributed by atoms with Crippen molar-refractivity contribution in [1.82, 2.24) is 4.90 Å². The van der Waals surface area contributed by atoms with Gasteiger partial charge in [0, 0.05) is 19.0 Å². The molecular weight excluding hydrogens is 257 g/mol. The highest BCUT2D eigenvalue weighted by Gasteiger charge is 2.39. The number of hydrogen-bond donors (Lipinski definition) is 0. The number of nitrogens with zero attached hydrogens (tertiary/aromatic N) is 1. The number of likely N-dealkylation sites (tertiary alicyclic amines) is 1. The van der Waals surface area contributed by atoms with Crippen molar-refractivity contribution in [3.8, 4) is 0 Å². The highest BCUT2D eigenvalue weighted by molar-refractivity contribution is 7.87. The summed E-state index contributed by atoms with van der Waals surface area (Å²) in [5.41, 5.74) is 0. The van der Waals surface area contributed by atoms with Crippen molar-refractivity contribution in [2.45, 2.75) is 57.7 Å². The zero-order valence-corrected chi connectivity index (χ0v) is 12.0. The minimum Gasteiger partial charge on any atom is -0.339 e. The van der Waals surface area contributed by atoms with Crippen LogP contribution >= 0.6 is 0 Å². The molecular formula is C12H22FNO3S. The van der Waals surface area contributed by atoms with Crippen LogP contribution < -0.4 is 0 Å². The summed E-state index contributed by atoms with van der Waals surface area (Å²) >= 11 is 0. The molecule has 2 unspecified atom stereocenters. The third-order valence-electron chi connectivity index (χ3n) is 3.46. The first-order valence-electron chi connectivity index (χ1n) is 6.44. The Hall–Kier alpha value is -0.650. The second kappa shape index (κ2) is 5.99. The molecule has 1 aliphatic heterocycles. The molecule has 18 heavy (non-hydrogen) atoms. The van der Waals surface area contributed by atoms with Crippen LogP contribution in [0.1, 0.15) is 46.5 Å². The summed E-state index contributed by atoms with van der Waals surface area (Å²) in [5, 5.41) is -1.17. The molecule has 0 saturated carbocycles. The largest absolute Gasteiger partial charge is 0.339 e. The Morgan fingerprint density at radius 3 is 2.39 bits per heavy atom. The van der Waals surface area contributed by atoms with Crippen molar-refractivity contribution in [2.75, 3.05) is 6.54 Å². The maximum absolute atomic E-state index is 12.9. The zero-order chi connectivity index (χ0) is 13.9. The lowest BCUT2D eigenvalue weighted by atomic mass is 10.0. The summed E-state index contributed by atoms with van der Waals surface area (Å²) in [4.78, 5) is 13.2. The first-order valence-corrected chi connectivity index (χ1v) is 7.89. The molecule has 6 heteroatoms. The summed E-state index contributed by atoms with van der Waals surface area (Å²) in [7, 11) is -4.60. The molecule has 2 atom stereocenters. The number of carbonyl (C=O) groups is 1.